The maximum absolute atomic E-state index is 10.6. The van der Waals surface area contributed by atoms with Gasteiger partial charge in [0.1, 0.15) is 0 Å². The zero-order valence-corrected chi connectivity index (χ0v) is 8.84. The number of H-pyrrole nitrogens is 1. The molecule has 0 spiro atoms. The molecule has 0 unspecified atom stereocenters. The van der Waals surface area contributed by atoms with Crippen LogP contribution in [0.4, 0.5) is 0 Å². The van der Waals surface area contributed by atoms with Crippen molar-refractivity contribution >= 4 is 12.3 Å². The normalized spacial score (nSPS) is 8.86. The maximum atomic E-state index is 10.6. The Hall–Kier alpha value is -1.58. The van der Waals surface area contributed by atoms with Gasteiger partial charge in [-0.25, -0.2) is 4.79 Å². The van der Waals surface area contributed by atoms with Crippen LogP contribution in [0.1, 0.15) is 46.0 Å². The van der Waals surface area contributed by atoms with Gasteiger partial charge in [0.05, 0.1) is 11.3 Å². The Balaban J connectivity index is 0.000000791. The molecule has 1 aromatic heterocycles. The first kappa shape index (κ1) is 12.4. The second-order valence-corrected chi connectivity index (χ2v) is 2.59. The van der Waals surface area contributed by atoms with Crippen molar-refractivity contribution in [1.29, 1.82) is 0 Å². The molecule has 0 atom stereocenters. The van der Waals surface area contributed by atoms with Crippen molar-refractivity contribution < 1.29 is 14.7 Å². The van der Waals surface area contributed by atoms with Crippen molar-refractivity contribution in [3.8, 4) is 0 Å². The number of carboxylic acid groups (broad SMARTS) is 1. The third-order valence-corrected chi connectivity index (χ3v) is 1.81. The summed E-state index contributed by atoms with van der Waals surface area (Å²) in [5.41, 5.74) is 1.54. The fraction of sp³-hybridized carbons (Fsp3) is 0.400. The summed E-state index contributed by atoms with van der Waals surface area (Å²) in [6.07, 6.45) is 0.620. The molecular weight excluding hydrogens is 182 g/mol. The van der Waals surface area contributed by atoms with Gasteiger partial charge in [-0.3, -0.25) is 4.79 Å². The van der Waals surface area contributed by atoms with Gasteiger partial charge in [-0.2, -0.15) is 0 Å². The van der Waals surface area contributed by atoms with Crippen LogP contribution in [0, 0.1) is 13.8 Å². The molecule has 0 aromatic carbocycles. The molecule has 2 N–H and O–H groups in total. The van der Waals surface area contributed by atoms with Crippen LogP contribution in [0.25, 0.3) is 0 Å². The molecule has 0 aliphatic heterocycles. The molecule has 78 valence electrons. The second-order valence-electron chi connectivity index (χ2n) is 2.59. The van der Waals surface area contributed by atoms with E-state index in [9.17, 15) is 9.59 Å². The van der Waals surface area contributed by atoms with E-state index in [1.54, 1.807) is 13.8 Å². The number of aromatic carboxylic acids is 1. The minimum Gasteiger partial charge on any atom is -0.478 e. The van der Waals surface area contributed by atoms with E-state index >= 15 is 0 Å². The molecular formula is C10H15NO3. The lowest BCUT2D eigenvalue weighted by Gasteiger charge is -1.92. The average molecular weight is 197 g/mol. The van der Waals surface area contributed by atoms with Crippen LogP contribution in [0.5, 0.6) is 0 Å². The average Bonchev–Trinajstić information content (AvgIpc) is 2.44. The summed E-state index contributed by atoms with van der Waals surface area (Å²) in [5.74, 6) is -1.01. The third-order valence-electron chi connectivity index (χ3n) is 1.81. The number of nitrogens with one attached hydrogen (secondary N) is 1. The van der Waals surface area contributed by atoms with E-state index in [4.69, 9.17) is 5.11 Å². The van der Waals surface area contributed by atoms with Crippen molar-refractivity contribution in [3.63, 3.8) is 0 Å². The molecule has 1 aromatic rings. The number of aromatic amines is 1. The van der Waals surface area contributed by atoms with Gasteiger partial charge in [-0.1, -0.05) is 13.8 Å². The largest absolute Gasteiger partial charge is 0.478 e. The topological polar surface area (TPSA) is 70.2 Å². The van der Waals surface area contributed by atoms with E-state index < -0.39 is 5.97 Å². The van der Waals surface area contributed by atoms with Crippen molar-refractivity contribution in [2.45, 2.75) is 27.7 Å². The van der Waals surface area contributed by atoms with Crippen molar-refractivity contribution in [1.82, 2.24) is 4.98 Å². The Labute approximate surface area is 83.0 Å². The van der Waals surface area contributed by atoms with Crippen molar-refractivity contribution in [2.24, 2.45) is 0 Å². The van der Waals surface area contributed by atoms with Gasteiger partial charge in [0.15, 0.2) is 6.29 Å². The van der Waals surface area contributed by atoms with Crippen LogP contribution in [-0.2, 0) is 0 Å². The predicted octanol–water partition coefficient (Wildman–Crippen LogP) is 2.17. The Kier molecular flexibility index (Phi) is 4.63. The summed E-state index contributed by atoms with van der Waals surface area (Å²) in [4.78, 5) is 23.7. The van der Waals surface area contributed by atoms with Crippen molar-refractivity contribution in [3.05, 3.63) is 22.5 Å². The Morgan fingerprint density at radius 2 is 1.86 bits per heavy atom. The summed E-state index contributed by atoms with van der Waals surface area (Å²) in [7, 11) is 0. The summed E-state index contributed by atoms with van der Waals surface area (Å²) in [6.45, 7) is 7.24. The minimum absolute atomic E-state index is 0.192. The van der Waals surface area contributed by atoms with E-state index in [-0.39, 0.29) is 5.56 Å². The van der Waals surface area contributed by atoms with Gasteiger partial charge in [-0.05, 0) is 19.4 Å². The number of aromatic nitrogens is 1. The highest BCUT2D eigenvalue weighted by molar-refractivity contribution is 5.94. The van der Waals surface area contributed by atoms with Gasteiger partial charge in [0.25, 0.3) is 0 Å². The highest BCUT2D eigenvalue weighted by Crippen LogP contribution is 2.15. The maximum Gasteiger partial charge on any atom is 0.337 e. The fourth-order valence-corrected chi connectivity index (χ4v) is 1.21. The SMILES string of the molecule is CC.Cc1[nH]c(C=O)c(C)c1C(=O)O. The zero-order chi connectivity index (χ0) is 11.3. The Morgan fingerprint density at radius 1 is 1.36 bits per heavy atom. The van der Waals surface area contributed by atoms with Gasteiger partial charge >= 0.3 is 5.97 Å². The van der Waals surface area contributed by atoms with E-state index in [1.807, 2.05) is 13.8 Å². The number of rotatable bonds is 2. The summed E-state index contributed by atoms with van der Waals surface area (Å²) in [6, 6.07) is 0. The number of aryl methyl sites for hydroxylation is 1. The second kappa shape index (κ2) is 5.21. The first-order valence-electron chi connectivity index (χ1n) is 4.45. The van der Waals surface area contributed by atoms with Gasteiger partial charge in [0.2, 0.25) is 0 Å². The highest BCUT2D eigenvalue weighted by Gasteiger charge is 2.16. The number of carboxylic acids is 1. The first-order valence-corrected chi connectivity index (χ1v) is 4.45. The molecule has 0 saturated carbocycles. The zero-order valence-electron chi connectivity index (χ0n) is 8.84. The lowest BCUT2D eigenvalue weighted by molar-refractivity contribution is 0.0695. The van der Waals surface area contributed by atoms with Crippen molar-refractivity contribution in [2.75, 3.05) is 0 Å². The van der Waals surface area contributed by atoms with Crippen LogP contribution >= 0.6 is 0 Å². The van der Waals surface area contributed by atoms with E-state index in [1.165, 1.54) is 0 Å². The van der Waals surface area contributed by atoms with Crippen LogP contribution < -0.4 is 0 Å². The number of carbonyl (C=O) groups excluding carboxylic acids is 1. The van der Waals surface area contributed by atoms with Gasteiger partial charge in [0, 0.05) is 5.69 Å². The summed E-state index contributed by atoms with van der Waals surface area (Å²) < 4.78 is 0. The van der Waals surface area contributed by atoms with Gasteiger partial charge < -0.3 is 10.1 Å². The van der Waals surface area contributed by atoms with Crippen LogP contribution in [0.15, 0.2) is 0 Å². The quantitative estimate of drug-likeness (QED) is 0.714. The Bertz CT molecular complexity index is 339. The number of aldehydes is 1. The fourth-order valence-electron chi connectivity index (χ4n) is 1.21. The third kappa shape index (κ3) is 2.22. The molecule has 1 heterocycles. The number of hydrogen-bond acceptors (Lipinski definition) is 2. The minimum atomic E-state index is -1.01. The highest BCUT2D eigenvalue weighted by atomic mass is 16.4. The summed E-state index contributed by atoms with van der Waals surface area (Å²) >= 11 is 0. The molecule has 0 saturated heterocycles. The molecule has 4 heteroatoms. The van der Waals surface area contributed by atoms with Gasteiger partial charge in [-0.15, -0.1) is 0 Å². The monoisotopic (exact) mass is 197 g/mol. The molecule has 0 aliphatic rings. The molecule has 0 amide bonds. The molecule has 4 nitrogen and oxygen atoms in total. The summed E-state index contributed by atoms with van der Waals surface area (Å²) in [5, 5.41) is 8.72. The molecule has 0 fully saturated rings. The molecule has 0 aliphatic carbocycles. The molecule has 14 heavy (non-hydrogen) atoms. The van der Waals surface area contributed by atoms with E-state index in [0.29, 0.717) is 23.2 Å². The Morgan fingerprint density at radius 3 is 2.07 bits per heavy atom. The standard InChI is InChI=1S/C8H9NO3.C2H6/c1-4-6(3-10)9-5(2)7(4)8(11)12;1-2/h3,9H,1-2H3,(H,11,12);1-2H3. The number of carbonyl (C=O) groups is 2. The van der Waals surface area contributed by atoms with Crippen LogP contribution in [-0.4, -0.2) is 22.3 Å². The lowest BCUT2D eigenvalue weighted by atomic mass is 10.1. The number of hydrogen-bond donors (Lipinski definition) is 2. The van der Waals surface area contributed by atoms with E-state index in [2.05, 4.69) is 4.98 Å². The molecule has 0 radical (unpaired) electrons. The molecule has 0 bridgehead atoms. The van der Waals surface area contributed by atoms with Crippen LogP contribution in [0.2, 0.25) is 0 Å². The van der Waals surface area contributed by atoms with Crippen LogP contribution in [0.3, 0.4) is 0 Å². The smallest absolute Gasteiger partial charge is 0.337 e. The first-order chi connectivity index (χ1) is 6.57. The van der Waals surface area contributed by atoms with E-state index in [0.717, 1.165) is 0 Å². The lowest BCUT2D eigenvalue weighted by Crippen LogP contribution is -1.98. The molecule has 1 rings (SSSR count). The predicted molar refractivity (Wildman–Crippen MR) is 54.0 cm³/mol.